The molecule has 1 aromatic heterocycles. The Labute approximate surface area is 160 Å². The summed E-state index contributed by atoms with van der Waals surface area (Å²) >= 11 is 2.96. The molecule has 7 heteroatoms. The van der Waals surface area contributed by atoms with Crippen LogP contribution in [0.3, 0.4) is 0 Å². The van der Waals surface area contributed by atoms with Gasteiger partial charge in [-0.3, -0.25) is 10.1 Å². The second-order valence-corrected chi connectivity index (χ2v) is 7.91. The molecule has 1 amide bonds. The van der Waals surface area contributed by atoms with Gasteiger partial charge in [0.05, 0.1) is 0 Å². The topological polar surface area (TPSA) is 64.1 Å². The normalized spacial score (nSPS) is 11.8. The van der Waals surface area contributed by atoms with E-state index in [1.165, 1.54) is 16.9 Å². The van der Waals surface area contributed by atoms with Crippen molar-refractivity contribution < 1.29 is 9.53 Å². The van der Waals surface area contributed by atoms with E-state index in [0.717, 1.165) is 15.7 Å². The molecule has 3 aromatic rings. The fourth-order valence-electron chi connectivity index (χ4n) is 2.19. The Kier molecular flexibility index (Phi) is 6.25. The van der Waals surface area contributed by atoms with Gasteiger partial charge in [0.15, 0.2) is 10.4 Å². The molecule has 0 fully saturated rings. The Bertz CT molecular complexity index is 868. The Balaban J connectivity index is 1.52. The van der Waals surface area contributed by atoms with E-state index in [0.29, 0.717) is 10.9 Å². The van der Waals surface area contributed by atoms with Gasteiger partial charge in [0.25, 0.3) is 5.91 Å². The number of carbonyl (C=O) groups is 1. The van der Waals surface area contributed by atoms with Crippen LogP contribution in [0.2, 0.25) is 0 Å². The van der Waals surface area contributed by atoms with Crippen molar-refractivity contribution in [3.63, 3.8) is 0 Å². The van der Waals surface area contributed by atoms with Crippen LogP contribution in [0.1, 0.15) is 18.1 Å². The van der Waals surface area contributed by atoms with Gasteiger partial charge in [-0.2, -0.15) is 0 Å². The number of aromatic nitrogens is 2. The number of ether oxygens (including phenoxy) is 1. The summed E-state index contributed by atoms with van der Waals surface area (Å²) in [5, 5.41) is 11.4. The number of nitrogens with zero attached hydrogens (tertiary/aromatic N) is 2. The van der Waals surface area contributed by atoms with Crippen molar-refractivity contribution in [1.29, 1.82) is 0 Å². The first kappa shape index (κ1) is 18.4. The molecule has 0 saturated heterocycles. The molecule has 134 valence electrons. The third-order valence-electron chi connectivity index (χ3n) is 3.51. The van der Waals surface area contributed by atoms with Gasteiger partial charge >= 0.3 is 0 Å². The summed E-state index contributed by atoms with van der Waals surface area (Å²) in [4.78, 5) is 12.3. The molecule has 0 spiro atoms. The predicted octanol–water partition coefficient (Wildman–Crippen LogP) is 4.54. The van der Waals surface area contributed by atoms with Gasteiger partial charge in [-0.05, 0) is 37.1 Å². The van der Waals surface area contributed by atoms with E-state index in [2.05, 4.69) is 27.6 Å². The number of hydrogen-bond acceptors (Lipinski definition) is 6. The lowest BCUT2D eigenvalue weighted by molar-refractivity contribution is -0.122. The van der Waals surface area contributed by atoms with Crippen molar-refractivity contribution in [2.24, 2.45) is 0 Å². The number of aryl methyl sites for hydroxylation is 1. The van der Waals surface area contributed by atoms with Crippen LogP contribution in [0.4, 0.5) is 5.13 Å². The number of thioether (sulfide) groups is 1. The van der Waals surface area contributed by atoms with Crippen LogP contribution in [-0.4, -0.2) is 22.2 Å². The molecule has 0 radical (unpaired) electrons. The summed E-state index contributed by atoms with van der Waals surface area (Å²) in [6, 6.07) is 17.8. The first-order valence-corrected chi connectivity index (χ1v) is 9.95. The average Bonchev–Trinajstić information content (AvgIpc) is 3.08. The van der Waals surface area contributed by atoms with Gasteiger partial charge in [0.1, 0.15) is 5.75 Å². The maximum atomic E-state index is 12.3. The number of hydrogen-bond donors (Lipinski definition) is 1. The van der Waals surface area contributed by atoms with E-state index in [1.807, 2.05) is 49.4 Å². The molecule has 0 saturated carbocycles. The van der Waals surface area contributed by atoms with Crippen molar-refractivity contribution in [3.05, 3.63) is 65.7 Å². The van der Waals surface area contributed by atoms with E-state index in [4.69, 9.17) is 4.74 Å². The zero-order valence-corrected chi connectivity index (χ0v) is 16.1. The van der Waals surface area contributed by atoms with E-state index in [-0.39, 0.29) is 5.91 Å². The quantitative estimate of drug-likeness (QED) is 0.478. The van der Waals surface area contributed by atoms with Crippen LogP contribution in [0.5, 0.6) is 5.75 Å². The molecule has 5 nitrogen and oxygen atoms in total. The molecule has 1 heterocycles. The largest absolute Gasteiger partial charge is 0.481 e. The fraction of sp³-hybridized carbons (Fsp3) is 0.211. The minimum Gasteiger partial charge on any atom is -0.481 e. The molecule has 0 unspecified atom stereocenters. The van der Waals surface area contributed by atoms with Crippen LogP contribution in [0.25, 0.3) is 0 Å². The van der Waals surface area contributed by atoms with Crippen LogP contribution < -0.4 is 10.1 Å². The first-order valence-electron chi connectivity index (χ1n) is 8.14. The highest BCUT2D eigenvalue weighted by Crippen LogP contribution is 2.28. The number of nitrogens with one attached hydrogen (secondary N) is 1. The van der Waals surface area contributed by atoms with Gasteiger partial charge in [0.2, 0.25) is 5.13 Å². The predicted molar refractivity (Wildman–Crippen MR) is 106 cm³/mol. The smallest absolute Gasteiger partial charge is 0.266 e. The van der Waals surface area contributed by atoms with Crippen LogP contribution >= 0.6 is 23.1 Å². The van der Waals surface area contributed by atoms with Gasteiger partial charge in [-0.1, -0.05) is 65.6 Å². The van der Waals surface area contributed by atoms with Crippen molar-refractivity contribution >= 4 is 34.1 Å². The van der Waals surface area contributed by atoms with Crippen molar-refractivity contribution in [2.45, 2.75) is 30.0 Å². The Morgan fingerprint density at radius 1 is 1.19 bits per heavy atom. The van der Waals surface area contributed by atoms with Crippen molar-refractivity contribution in [2.75, 3.05) is 5.32 Å². The number of rotatable bonds is 7. The lowest BCUT2D eigenvalue weighted by Gasteiger charge is -2.13. The number of carbonyl (C=O) groups excluding carboxylic acids is 1. The number of benzene rings is 2. The van der Waals surface area contributed by atoms with Crippen molar-refractivity contribution in [1.82, 2.24) is 10.2 Å². The molecule has 0 aliphatic rings. The maximum Gasteiger partial charge on any atom is 0.266 e. The van der Waals surface area contributed by atoms with Gasteiger partial charge < -0.3 is 4.74 Å². The van der Waals surface area contributed by atoms with Crippen molar-refractivity contribution in [3.8, 4) is 5.75 Å². The minimum atomic E-state index is -0.624. The Morgan fingerprint density at radius 3 is 2.77 bits per heavy atom. The maximum absolute atomic E-state index is 12.3. The molecule has 0 aliphatic carbocycles. The summed E-state index contributed by atoms with van der Waals surface area (Å²) in [6.07, 6.45) is -0.624. The number of amides is 1. The second-order valence-electron chi connectivity index (χ2n) is 5.71. The standard InChI is InChI=1S/C19H19N3O2S2/c1-13-7-6-10-16(11-13)24-14(2)17(23)20-18-21-22-19(26-18)25-12-15-8-4-3-5-9-15/h3-11,14H,12H2,1-2H3,(H,20,21,23)/t14-/m1/s1. The molecular formula is C19H19N3O2S2. The SMILES string of the molecule is Cc1cccc(O[C@H](C)C(=O)Nc2nnc(SCc3ccccc3)s2)c1. The zero-order valence-electron chi connectivity index (χ0n) is 14.5. The van der Waals surface area contributed by atoms with Crippen LogP contribution in [-0.2, 0) is 10.5 Å². The molecule has 1 atom stereocenters. The van der Waals surface area contributed by atoms with Gasteiger partial charge in [0, 0.05) is 5.75 Å². The van der Waals surface area contributed by atoms with Crippen LogP contribution in [0.15, 0.2) is 58.9 Å². The summed E-state index contributed by atoms with van der Waals surface area (Å²) in [7, 11) is 0. The van der Waals surface area contributed by atoms with E-state index in [1.54, 1.807) is 18.7 Å². The third-order valence-corrected chi connectivity index (χ3v) is 5.56. The van der Waals surface area contributed by atoms with E-state index >= 15 is 0 Å². The van der Waals surface area contributed by atoms with Crippen LogP contribution in [0, 0.1) is 6.92 Å². The highest BCUT2D eigenvalue weighted by atomic mass is 32.2. The lowest BCUT2D eigenvalue weighted by atomic mass is 10.2. The zero-order chi connectivity index (χ0) is 18.4. The van der Waals surface area contributed by atoms with Gasteiger partial charge in [-0.25, -0.2) is 0 Å². The summed E-state index contributed by atoms with van der Waals surface area (Å²) < 4.78 is 6.50. The molecule has 1 N–H and O–H groups in total. The first-order chi connectivity index (χ1) is 12.6. The second kappa shape index (κ2) is 8.82. The molecule has 0 bridgehead atoms. The average molecular weight is 386 g/mol. The third kappa shape index (κ3) is 5.31. The molecular weight excluding hydrogens is 366 g/mol. The minimum absolute atomic E-state index is 0.248. The van der Waals surface area contributed by atoms with Gasteiger partial charge in [-0.15, -0.1) is 10.2 Å². The summed E-state index contributed by atoms with van der Waals surface area (Å²) in [5.74, 6) is 1.24. The number of anilines is 1. The molecule has 0 aliphatic heterocycles. The van der Waals surface area contributed by atoms with E-state index < -0.39 is 6.10 Å². The summed E-state index contributed by atoms with van der Waals surface area (Å²) in [5.41, 5.74) is 2.30. The lowest BCUT2D eigenvalue weighted by Crippen LogP contribution is -2.30. The Hall–Kier alpha value is -2.38. The fourth-order valence-corrected chi connectivity index (χ4v) is 3.90. The summed E-state index contributed by atoms with van der Waals surface area (Å²) in [6.45, 7) is 3.69. The molecule has 2 aromatic carbocycles. The highest BCUT2D eigenvalue weighted by molar-refractivity contribution is 8.00. The molecule has 3 rings (SSSR count). The Morgan fingerprint density at radius 2 is 2.00 bits per heavy atom. The molecule has 26 heavy (non-hydrogen) atoms. The monoisotopic (exact) mass is 385 g/mol. The van der Waals surface area contributed by atoms with E-state index in [9.17, 15) is 4.79 Å². The highest BCUT2D eigenvalue weighted by Gasteiger charge is 2.17.